The Morgan fingerprint density at radius 2 is 2.00 bits per heavy atom. The molecule has 1 N–H and O–H groups in total. The van der Waals surface area contributed by atoms with Crippen LogP contribution in [0.25, 0.3) is 0 Å². The summed E-state index contributed by atoms with van der Waals surface area (Å²) in [6, 6.07) is 0. The highest BCUT2D eigenvalue weighted by molar-refractivity contribution is 5.96. The smallest absolute Gasteiger partial charge is 0.197 e. The van der Waals surface area contributed by atoms with Crippen LogP contribution in [0.5, 0.6) is 0 Å². The van der Waals surface area contributed by atoms with Crippen LogP contribution in [0.15, 0.2) is 11.3 Å². The Morgan fingerprint density at radius 3 is 2.54 bits per heavy atom. The van der Waals surface area contributed by atoms with E-state index in [0.29, 0.717) is 6.42 Å². The Balaban J connectivity index is 2.25. The molecular formula is C11H18O2. The fourth-order valence-electron chi connectivity index (χ4n) is 1.71. The van der Waals surface area contributed by atoms with Crippen LogP contribution in [0.2, 0.25) is 0 Å². The van der Waals surface area contributed by atoms with Gasteiger partial charge in [0.2, 0.25) is 0 Å². The van der Waals surface area contributed by atoms with Gasteiger partial charge in [-0.3, -0.25) is 4.79 Å². The molecule has 0 saturated carbocycles. The fraction of sp³-hybridized carbons (Fsp3) is 0.727. The van der Waals surface area contributed by atoms with E-state index in [4.69, 9.17) is 0 Å². The lowest BCUT2D eigenvalue weighted by molar-refractivity contribution is -0.117. The zero-order valence-corrected chi connectivity index (χ0v) is 8.31. The Labute approximate surface area is 79.6 Å². The number of allylic oxidation sites excluding steroid dienone is 2. The zero-order valence-electron chi connectivity index (χ0n) is 8.31. The van der Waals surface area contributed by atoms with Gasteiger partial charge in [0, 0.05) is 6.42 Å². The molecule has 2 heteroatoms. The predicted molar refractivity (Wildman–Crippen MR) is 52.7 cm³/mol. The van der Waals surface area contributed by atoms with E-state index in [2.05, 4.69) is 6.92 Å². The molecule has 2 nitrogen and oxygen atoms in total. The summed E-state index contributed by atoms with van der Waals surface area (Å²) in [5.41, 5.74) is 0.987. The number of carbonyl (C=O) groups excluding carboxylic acids is 1. The lowest BCUT2D eigenvalue weighted by atomic mass is 10.1. The van der Waals surface area contributed by atoms with Gasteiger partial charge in [-0.05, 0) is 24.8 Å². The first-order chi connectivity index (χ1) is 6.25. The van der Waals surface area contributed by atoms with E-state index < -0.39 is 0 Å². The fourth-order valence-corrected chi connectivity index (χ4v) is 1.71. The van der Waals surface area contributed by atoms with Crippen molar-refractivity contribution in [3.05, 3.63) is 11.3 Å². The van der Waals surface area contributed by atoms with Crippen LogP contribution in [0, 0.1) is 0 Å². The quantitative estimate of drug-likeness (QED) is 0.663. The summed E-state index contributed by atoms with van der Waals surface area (Å²) in [6.45, 7) is 2.18. The van der Waals surface area contributed by atoms with Crippen LogP contribution in [-0.2, 0) is 4.79 Å². The predicted octanol–water partition coefficient (Wildman–Crippen LogP) is 3.13. The molecule has 0 saturated heterocycles. The van der Waals surface area contributed by atoms with Crippen molar-refractivity contribution in [2.75, 3.05) is 0 Å². The van der Waals surface area contributed by atoms with Crippen molar-refractivity contribution in [3.8, 4) is 0 Å². The van der Waals surface area contributed by atoms with Crippen molar-refractivity contribution in [1.82, 2.24) is 0 Å². The first-order valence-corrected chi connectivity index (χ1v) is 5.20. The highest BCUT2D eigenvalue weighted by Gasteiger charge is 2.21. The van der Waals surface area contributed by atoms with Crippen molar-refractivity contribution in [3.63, 3.8) is 0 Å². The Bertz CT molecular complexity index is 216. The second-order valence-corrected chi connectivity index (χ2v) is 3.69. The van der Waals surface area contributed by atoms with Gasteiger partial charge in [0.25, 0.3) is 0 Å². The van der Waals surface area contributed by atoms with Crippen LogP contribution in [0.4, 0.5) is 0 Å². The molecule has 0 aliphatic heterocycles. The van der Waals surface area contributed by atoms with E-state index >= 15 is 0 Å². The number of Topliss-reactive ketones (excluding diaryl/α,β-unsaturated/α-hetero) is 1. The number of aliphatic hydroxyl groups is 1. The summed E-state index contributed by atoms with van der Waals surface area (Å²) in [7, 11) is 0. The van der Waals surface area contributed by atoms with Gasteiger partial charge < -0.3 is 5.11 Å². The van der Waals surface area contributed by atoms with Gasteiger partial charge in [0.1, 0.15) is 0 Å². The molecule has 0 radical (unpaired) electrons. The normalized spacial score (nSPS) is 17.2. The number of ketones is 1. The molecule has 0 aromatic rings. The van der Waals surface area contributed by atoms with Gasteiger partial charge in [-0.2, -0.15) is 0 Å². The molecule has 0 bridgehead atoms. The molecule has 0 spiro atoms. The zero-order chi connectivity index (χ0) is 9.68. The van der Waals surface area contributed by atoms with Crippen molar-refractivity contribution in [2.24, 2.45) is 0 Å². The van der Waals surface area contributed by atoms with Crippen LogP contribution in [-0.4, -0.2) is 10.9 Å². The monoisotopic (exact) mass is 182 g/mol. The lowest BCUT2D eigenvalue weighted by Gasteiger charge is -2.00. The molecule has 0 aromatic heterocycles. The molecule has 0 unspecified atom stereocenters. The summed E-state index contributed by atoms with van der Waals surface area (Å²) in [5.74, 6) is 0.00184. The van der Waals surface area contributed by atoms with Crippen molar-refractivity contribution in [2.45, 2.75) is 51.9 Å². The second kappa shape index (κ2) is 5.05. The topological polar surface area (TPSA) is 37.3 Å². The summed E-state index contributed by atoms with van der Waals surface area (Å²) < 4.78 is 0. The summed E-state index contributed by atoms with van der Waals surface area (Å²) in [6.07, 6.45) is 7.03. The maximum absolute atomic E-state index is 11.0. The largest absolute Gasteiger partial charge is 0.504 e. The van der Waals surface area contributed by atoms with Gasteiger partial charge in [-0.15, -0.1) is 0 Å². The third-order valence-corrected chi connectivity index (χ3v) is 2.58. The molecular weight excluding hydrogens is 164 g/mol. The Hall–Kier alpha value is -0.790. The molecule has 1 aliphatic carbocycles. The number of aliphatic hydroxyl groups excluding tert-OH is 1. The third kappa shape index (κ3) is 2.87. The molecule has 1 rings (SSSR count). The number of rotatable bonds is 5. The maximum atomic E-state index is 11.0. The number of unbranched alkanes of at least 4 members (excludes halogenated alkanes) is 3. The molecule has 0 aromatic carbocycles. The molecule has 0 atom stereocenters. The van der Waals surface area contributed by atoms with E-state index in [-0.39, 0.29) is 11.5 Å². The number of hydrogen-bond acceptors (Lipinski definition) is 2. The summed E-state index contributed by atoms with van der Waals surface area (Å²) >= 11 is 0. The van der Waals surface area contributed by atoms with E-state index in [1.165, 1.54) is 19.3 Å². The van der Waals surface area contributed by atoms with E-state index in [9.17, 15) is 9.90 Å². The van der Waals surface area contributed by atoms with Crippen LogP contribution in [0.3, 0.4) is 0 Å². The van der Waals surface area contributed by atoms with E-state index in [1.807, 2.05) is 0 Å². The molecule has 0 fully saturated rings. The SMILES string of the molecule is CCCCCCC1=C(O)C(=O)CC1. The average molecular weight is 182 g/mol. The highest BCUT2D eigenvalue weighted by Crippen LogP contribution is 2.25. The van der Waals surface area contributed by atoms with E-state index in [0.717, 1.165) is 24.8 Å². The standard InChI is InChI=1S/C11H18O2/c1-2-3-4-5-6-9-7-8-10(12)11(9)13/h13H,2-8H2,1H3. The van der Waals surface area contributed by atoms with Gasteiger partial charge in [-0.25, -0.2) is 0 Å². The minimum absolute atomic E-state index is 0.0644. The van der Waals surface area contributed by atoms with Crippen LogP contribution >= 0.6 is 0 Å². The minimum Gasteiger partial charge on any atom is -0.504 e. The molecule has 0 heterocycles. The van der Waals surface area contributed by atoms with Gasteiger partial charge >= 0.3 is 0 Å². The first-order valence-electron chi connectivity index (χ1n) is 5.20. The second-order valence-electron chi connectivity index (χ2n) is 3.69. The van der Waals surface area contributed by atoms with Crippen molar-refractivity contribution >= 4 is 5.78 Å². The van der Waals surface area contributed by atoms with Crippen LogP contribution in [0.1, 0.15) is 51.9 Å². The molecule has 1 aliphatic rings. The minimum atomic E-state index is -0.0644. The summed E-state index contributed by atoms with van der Waals surface area (Å²) in [5, 5.41) is 9.34. The molecule has 74 valence electrons. The van der Waals surface area contributed by atoms with Gasteiger partial charge in [-0.1, -0.05) is 26.2 Å². The van der Waals surface area contributed by atoms with Gasteiger partial charge in [0.05, 0.1) is 0 Å². The molecule has 13 heavy (non-hydrogen) atoms. The average Bonchev–Trinajstić information content (AvgIpc) is 2.43. The lowest BCUT2D eigenvalue weighted by Crippen LogP contribution is -1.94. The van der Waals surface area contributed by atoms with Crippen molar-refractivity contribution in [1.29, 1.82) is 0 Å². The third-order valence-electron chi connectivity index (χ3n) is 2.58. The first kappa shape index (κ1) is 10.3. The van der Waals surface area contributed by atoms with Gasteiger partial charge in [0.15, 0.2) is 11.5 Å². The molecule has 0 amide bonds. The Morgan fingerprint density at radius 1 is 1.23 bits per heavy atom. The summed E-state index contributed by atoms with van der Waals surface area (Å²) in [4.78, 5) is 11.0. The number of hydrogen-bond donors (Lipinski definition) is 1. The maximum Gasteiger partial charge on any atom is 0.197 e. The Kier molecular flexibility index (Phi) is 4.00. The van der Waals surface area contributed by atoms with E-state index in [1.54, 1.807) is 0 Å². The van der Waals surface area contributed by atoms with Crippen LogP contribution < -0.4 is 0 Å². The highest BCUT2D eigenvalue weighted by atomic mass is 16.3. The van der Waals surface area contributed by atoms with Crippen molar-refractivity contribution < 1.29 is 9.90 Å². The number of carbonyl (C=O) groups is 1.